The van der Waals surface area contributed by atoms with Crippen LogP contribution in [0.3, 0.4) is 0 Å². The molecule has 1 aromatic rings. The van der Waals surface area contributed by atoms with Gasteiger partial charge in [-0.25, -0.2) is 4.39 Å². The fraction of sp³-hybridized carbons (Fsp3) is 0.467. The SMILES string of the molecule is NC(=S)CN(CC(=O)Nc1cccc(F)c1)C1CCCC1. The van der Waals surface area contributed by atoms with Crippen molar-refractivity contribution >= 4 is 28.8 Å². The summed E-state index contributed by atoms with van der Waals surface area (Å²) in [7, 11) is 0. The van der Waals surface area contributed by atoms with Gasteiger partial charge in [0.25, 0.3) is 0 Å². The number of halogens is 1. The molecule has 3 N–H and O–H groups in total. The molecule has 0 saturated heterocycles. The van der Waals surface area contributed by atoms with Crippen molar-refractivity contribution in [3.8, 4) is 0 Å². The zero-order valence-electron chi connectivity index (χ0n) is 11.8. The van der Waals surface area contributed by atoms with Crippen molar-refractivity contribution < 1.29 is 9.18 Å². The van der Waals surface area contributed by atoms with Crippen molar-refractivity contribution in [1.82, 2.24) is 4.90 Å². The van der Waals surface area contributed by atoms with Gasteiger partial charge in [0.05, 0.1) is 11.5 Å². The van der Waals surface area contributed by atoms with E-state index in [1.165, 1.54) is 25.0 Å². The number of rotatable bonds is 6. The minimum absolute atomic E-state index is 0.177. The van der Waals surface area contributed by atoms with E-state index in [0.717, 1.165) is 12.8 Å². The molecule has 2 rings (SSSR count). The van der Waals surface area contributed by atoms with Gasteiger partial charge in [-0.1, -0.05) is 31.1 Å². The van der Waals surface area contributed by atoms with Crippen LogP contribution in [-0.4, -0.2) is 34.9 Å². The van der Waals surface area contributed by atoms with Crippen molar-refractivity contribution in [2.75, 3.05) is 18.4 Å². The molecule has 0 heterocycles. The van der Waals surface area contributed by atoms with Gasteiger partial charge in [-0.05, 0) is 31.0 Å². The second-order valence-electron chi connectivity index (χ2n) is 5.37. The van der Waals surface area contributed by atoms with Gasteiger partial charge in [0, 0.05) is 18.3 Å². The van der Waals surface area contributed by atoms with Gasteiger partial charge >= 0.3 is 0 Å². The van der Waals surface area contributed by atoms with Crippen LogP contribution in [0.1, 0.15) is 25.7 Å². The first-order valence-corrected chi connectivity index (χ1v) is 7.53. The maximum absolute atomic E-state index is 13.1. The van der Waals surface area contributed by atoms with E-state index in [0.29, 0.717) is 23.3 Å². The molecule has 0 bridgehead atoms. The largest absolute Gasteiger partial charge is 0.392 e. The average Bonchev–Trinajstić information content (AvgIpc) is 2.91. The molecule has 1 saturated carbocycles. The van der Waals surface area contributed by atoms with E-state index in [1.807, 2.05) is 4.90 Å². The Morgan fingerprint density at radius 3 is 2.71 bits per heavy atom. The molecule has 0 spiro atoms. The first-order valence-electron chi connectivity index (χ1n) is 7.12. The molecule has 4 nitrogen and oxygen atoms in total. The van der Waals surface area contributed by atoms with Crippen LogP contribution in [-0.2, 0) is 4.79 Å². The third-order valence-corrected chi connectivity index (χ3v) is 3.78. The van der Waals surface area contributed by atoms with E-state index in [1.54, 1.807) is 12.1 Å². The van der Waals surface area contributed by atoms with Crippen LogP contribution in [0.2, 0.25) is 0 Å². The summed E-state index contributed by atoms with van der Waals surface area (Å²) in [5.41, 5.74) is 6.08. The summed E-state index contributed by atoms with van der Waals surface area (Å²) in [6, 6.07) is 6.21. The molecule has 6 heteroatoms. The summed E-state index contributed by atoms with van der Waals surface area (Å²) in [4.78, 5) is 14.5. The standard InChI is InChI=1S/C15H20FN3OS/c16-11-4-3-5-12(8-11)18-15(20)10-19(9-14(17)21)13-6-1-2-7-13/h3-5,8,13H,1-2,6-7,9-10H2,(H2,17,21)(H,18,20). The summed E-state index contributed by atoms with van der Waals surface area (Å²) in [6.07, 6.45) is 4.47. The van der Waals surface area contributed by atoms with E-state index in [2.05, 4.69) is 5.32 Å². The van der Waals surface area contributed by atoms with Crippen LogP contribution in [0.4, 0.5) is 10.1 Å². The van der Waals surface area contributed by atoms with Crippen molar-refractivity contribution in [3.63, 3.8) is 0 Å². The predicted molar refractivity (Wildman–Crippen MR) is 85.6 cm³/mol. The molecule has 0 aromatic heterocycles. The number of nitrogens with zero attached hydrogens (tertiary/aromatic N) is 1. The molecule has 21 heavy (non-hydrogen) atoms. The summed E-state index contributed by atoms with van der Waals surface area (Å²) >= 11 is 4.96. The molecular formula is C15H20FN3OS. The monoisotopic (exact) mass is 309 g/mol. The Morgan fingerprint density at radius 2 is 2.10 bits per heavy atom. The van der Waals surface area contributed by atoms with Gasteiger partial charge in [-0.3, -0.25) is 9.69 Å². The number of hydrogen-bond donors (Lipinski definition) is 2. The van der Waals surface area contributed by atoms with Crippen LogP contribution < -0.4 is 11.1 Å². The van der Waals surface area contributed by atoms with E-state index >= 15 is 0 Å². The van der Waals surface area contributed by atoms with E-state index < -0.39 is 0 Å². The number of nitrogens with two attached hydrogens (primary N) is 1. The zero-order valence-corrected chi connectivity index (χ0v) is 12.7. The fourth-order valence-electron chi connectivity index (χ4n) is 2.73. The quantitative estimate of drug-likeness (QED) is 0.792. The number of carbonyl (C=O) groups excluding carboxylic acids is 1. The lowest BCUT2D eigenvalue weighted by atomic mass is 10.2. The number of hydrogen-bond acceptors (Lipinski definition) is 3. The Balaban J connectivity index is 1.95. The topological polar surface area (TPSA) is 58.4 Å². The molecular weight excluding hydrogens is 289 g/mol. The Kier molecular flexibility index (Phi) is 5.64. The van der Waals surface area contributed by atoms with E-state index in [-0.39, 0.29) is 18.3 Å². The maximum atomic E-state index is 13.1. The Hall–Kier alpha value is -1.53. The van der Waals surface area contributed by atoms with Crippen LogP contribution >= 0.6 is 12.2 Å². The summed E-state index contributed by atoms with van der Waals surface area (Å²) in [5.74, 6) is -0.549. The first-order chi connectivity index (χ1) is 10.0. The lowest BCUT2D eigenvalue weighted by molar-refractivity contribution is -0.117. The minimum atomic E-state index is -0.372. The molecule has 1 amide bonds. The third-order valence-electron chi connectivity index (χ3n) is 3.66. The molecule has 1 aliphatic carbocycles. The van der Waals surface area contributed by atoms with Crippen LogP contribution in [0.5, 0.6) is 0 Å². The molecule has 0 radical (unpaired) electrons. The van der Waals surface area contributed by atoms with Crippen LogP contribution in [0.15, 0.2) is 24.3 Å². The number of carbonyl (C=O) groups is 1. The Labute approximate surface area is 129 Å². The summed E-state index contributed by atoms with van der Waals surface area (Å²) < 4.78 is 13.1. The van der Waals surface area contributed by atoms with Crippen molar-refractivity contribution in [3.05, 3.63) is 30.1 Å². The van der Waals surface area contributed by atoms with Gasteiger partial charge in [0.15, 0.2) is 0 Å². The number of amides is 1. The summed E-state index contributed by atoms with van der Waals surface area (Å²) in [6.45, 7) is 0.662. The highest BCUT2D eigenvalue weighted by Crippen LogP contribution is 2.23. The highest BCUT2D eigenvalue weighted by atomic mass is 32.1. The van der Waals surface area contributed by atoms with Gasteiger partial charge in [-0.15, -0.1) is 0 Å². The van der Waals surface area contributed by atoms with Gasteiger partial charge < -0.3 is 11.1 Å². The molecule has 1 aliphatic rings. The van der Waals surface area contributed by atoms with E-state index in [9.17, 15) is 9.18 Å². The molecule has 1 fully saturated rings. The molecule has 0 atom stereocenters. The second-order valence-corrected chi connectivity index (χ2v) is 5.89. The fourth-order valence-corrected chi connectivity index (χ4v) is 2.90. The Bertz CT molecular complexity index is 517. The highest BCUT2D eigenvalue weighted by molar-refractivity contribution is 7.80. The lowest BCUT2D eigenvalue weighted by Gasteiger charge is -2.27. The number of nitrogens with one attached hydrogen (secondary N) is 1. The smallest absolute Gasteiger partial charge is 0.238 e. The van der Waals surface area contributed by atoms with Crippen molar-refractivity contribution in [2.45, 2.75) is 31.7 Å². The normalized spacial score (nSPS) is 15.3. The highest BCUT2D eigenvalue weighted by Gasteiger charge is 2.24. The van der Waals surface area contributed by atoms with E-state index in [4.69, 9.17) is 18.0 Å². The lowest BCUT2D eigenvalue weighted by Crippen LogP contribution is -2.43. The first kappa shape index (κ1) is 15.9. The van der Waals surface area contributed by atoms with Crippen LogP contribution in [0, 0.1) is 5.82 Å². The Morgan fingerprint density at radius 1 is 1.38 bits per heavy atom. The van der Waals surface area contributed by atoms with Crippen LogP contribution in [0.25, 0.3) is 0 Å². The van der Waals surface area contributed by atoms with Crippen molar-refractivity contribution in [2.24, 2.45) is 5.73 Å². The number of thiocarbonyl (C=S) groups is 1. The van der Waals surface area contributed by atoms with Gasteiger partial charge in [0.2, 0.25) is 5.91 Å². The van der Waals surface area contributed by atoms with Gasteiger partial charge in [-0.2, -0.15) is 0 Å². The molecule has 0 unspecified atom stereocenters. The molecule has 114 valence electrons. The number of benzene rings is 1. The van der Waals surface area contributed by atoms with Crippen molar-refractivity contribution in [1.29, 1.82) is 0 Å². The second kappa shape index (κ2) is 7.47. The van der Waals surface area contributed by atoms with Gasteiger partial charge in [0.1, 0.15) is 5.82 Å². The molecule has 0 aliphatic heterocycles. The number of anilines is 1. The minimum Gasteiger partial charge on any atom is -0.392 e. The maximum Gasteiger partial charge on any atom is 0.238 e. The zero-order chi connectivity index (χ0) is 15.2. The third kappa shape index (κ3) is 5.06. The average molecular weight is 309 g/mol. The molecule has 1 aromatic carbocycles. The predicted octanol–water partition coefficient (Wildman–Crippen LogP) is 2.29. The summed E-state index contributed by atoms with van der Waals surface area (Å²) in [5, 5.41) is 2.71.